The highest BCUT2D eigenvalue weighted by atomic mass is 79.9. The van der Waals surface area contributed by atoms with Gasteiger partial charge < -0.3 is 14.5 Å². The first-order chi connectivity index (χ1) is 10.6. The number of furan rings is 1. The summed E-state index contributed by atoms with van der Waals surface area (Å²) in [5.41, 5.74) is 0.458. The number of ketones is 1. The van der Waals surface area contributed by atoms with Crippen LogP contribution in [0.3, 0.4) is 0 Å². The standard InChI is InChI=1S/C15H12BrNO5/c16-13-7-6-12(22-13)15(20)17-8-14(19)21-9-11(18)10-4-2-1-3-5-10/h1-7H,8-9H2,(H,17,20). The fourth-order valence-electron chi connectivity index (χ4n) is 1.58. The van der Waals surface area contributed by atoms with Crippen molar-refractivity contribution in [3.05, 3.63) is 58.5 Å². The lowest BCUT2D eigenvalue weighted by molar-refractivity contribution is -0.141. The van der Waals surface area contributed by atoms with Crippen molar-refractivity contribution < 1.29 is 23.5 Å². The van der Waals surface area contributed by atoms with E-state index in [1.54, 1.807) is 36.4 Å². The Labute approximate surface area is 134 Å². The zero-order chi connectivity index (χ0) is 15.9. The van der Waals surface area contributed by atoms with Gasteiger partial charge in [0.25, 0.3) is 5.91 Å². The van der Waals surface area contributed by atoms with Crippen molar-refractivity contribution in [2.75, 3.05) is 13.2 Å². The predicted octanol–water partition coefficient (Wildman–Crippen LogP) is 2.20. The summed E-state index contributed by atoms with van der Waals surface area (Å²) in [6.07, 6.45) is 0. The molecule has 2 rings (SSSR count). The Kier molecular flexibility index (Phi) is 5.48. The molecule has 0 aliphatic carbocycles. The van der Waals surface area contributed by atoms with Crippen molar-refractivity contribution in [2.45, 2.75) is 0 Å². The van der Waals surface area contributed by atoms with E-state index in [9.17, 15) is 14.4 Å². The number of amides is 1. The van der Waals surface area contributed by atoms with Crippen molar-refractivity contribution >= 4 is 33.6 Å². The molecular formula is C15H12BrNO5. The Morgan fingerprint density at radius 2 is 1.82 bits per heavy atom. The average molecular weight is 366 g/mol. The van der Waals surface area contributed by atoms with Crippen LogP contribution < -0.4 is 5.32 Å². The van der Waals surface area contributed by atoms with Gasteiger partial charge in [0.05, 0.1) is 0 Å². The largest absolute Gasteiger partial charge is 0.456 e. The molecule has 1 aromatic heterocycles. The van der Waals surface area contributed by atoms with Gasteiger partial charge in [0.1, 0.15) is 6.54 Å². The zero-order valence-corrected chi connectivity index (χ0v) is 13.0. The van der Waals surface area contributed by atoms with Crippen LogP contribution in [-0.2, 0) is 9.53 Å². The molecule has 0 spiro atoms. The van der Waals surface area contributed by atoms with Crippen molar-refractivity contribution in [3.63, 3.8) is 0 Å². The monoisotopic (exact) mass is 365 g/mol. The van der Waals surface area contributed by atoms with Gasteiger partial charge in [0.15, 0.2) is 22.8 Å². The van der Waals surface area contributed by atoms with E-state index < -0.39 is 11.9 Å². The Morgan fingerprint density at radius 1 is 1.09 bits per heavy atom. The van der Waals surface area contributed by atoms with Crippen LogP contribution in [0.25, 0.3) is 0 Å². The maximum atomic E-state index is 11.7. The van der Waals surface area contributed by atoms with Crippen LogP contribution in [0.4, 0.5) is 0 Å². The van der Waals surface area contributed by atoms with Gasteiger partial charge in [-0.25, -0.2) is 0 Å². The molecule has 22 heavy (non-hydrogen) atoms. The molecule has 0 aliphatic heterocycles. The van der Waals surface area contributed by atoms with E-state index in [1.807, 2.05) is 0 Å². The van der Waals surface area contributed by atoms with E-state index in [2.05, 4.69) is 21.2 Å². The summed E-state index contributed by atoms with van der Waals surface area (Å²) in [7, 11) is 0. The lowest BCUT2D eigenvalue weighted by Crippen LogP contribution is -2.31. The second-order valence-corrected chi connectivity index (χ2v) is 5.02. The summed E-state index contributed by atoms with van der Waals surface area (Å²) in [5.74, 6) is -1.49. The smallest absolute Gasteiger partial charge is 0.325 e. The number of benzene rings is 1. The highest BCUT2D eigenvalue weighted by molar-refractivity contribution is 9.10. The zero-order valence-electron chi connectivity index (χ0n) is 11.4. The average Bonchev–Trinajstić information content (AvgIpc) is 2.97. The van der Waals surface area contributed by atoms with Crippen molar-refractivity contribution in [1.29, 1.82) is 0 Å². The van der Waals surface area contributed by atoms with E-state index in [0.29, 0.717) is 10.2 Å². The summed E-state index contributed by atoms with van der Waals surface area (Å²) in [5, 5.41) is 2.34. The van der Waals surface area contributed by atoms with Crippen LogP contribution in [0, 0.1) is 0 Å². The summed E-state index contributed by atoms with van der Waals surface area (Å²) in [4.78, 5) is 34.8. The third-order valence-electron chi connectivity index (χ3n) is 2.65. The fourth-order valence-corrected chi connectivity index (χ4v) is 1.89. The van der Waals surface area contributed by atoms with Gasteiger partial charge in [-0.2, -0.15) is 0 Å². The Morgan fingerprint density at radius 3 is 2.45 bits per heavy atom. The first-order valence-electron chi connectivity index (χ1n) is 6.33. The molecule has 0 radical (unpaired) electrons. The molecule has 0 fully saturated rings. The summed E-state index contributed by atoms with van der Waals surface area (Å²) < 4.78 is 10.2. The van der Waals surface area contributed by atoms with Crippen LogP contribution in [-0.4, -0.2) is 30.8 Å². The molecule has 1 heterocycles. The van der Waals surface area contributed by atoms with Gasteiger partial charge in [-0.1, -0.05) is 30.3 Å². The Bertz CT molecular complexity index is 680. The molecular weight excluding hydrogens is 354 g/mol. The molecule has 1 amide bonds. The second kappa shape index (κ2) is 7.56. The molecule has 1 aromatic carbocycles. The van der Waals surface area contributed by atoms with Crippen molar-refractivity contribution in [2.24, 2.45) is 0 Å². The molecule has 0 atom stereocenters. The summed E-state index contributed by atoms with van der Waals surface area (Å²) >= 11 is 3.07. The van der Waals surface area contributed by atoms with Crippen molar-refractivity contribution in [3.8, 4) is 0 Å². The highest BCUT2D eigenvalue weighted by Gasteiger charge is 2.13. The lowest BCUT2D eigenvalue weighted by Gasteiger charge is -2.05. The molecule has 114 valence electrons. The maximum Gasteiger partial charge on any atom is 0.325 e. The van der Waals surface area contributed by atoms with E-state index in [1.165, 1.54) is 6.07 Å². The number of rotatable bonds is 6. The van der Waals surface area contributed by atoms with Crippen LogP contribution in [0.5, 0.6) is 0 Å². The minimum atomic E-state index is -0.705. The number of hydrogen-bond donors (Lipinski definition) is 1. The minimum Gasteiger partial charge on any atom is -0.456 e. The van der Waals surface area contributed by atoms with Crippen LogP contribution >= 0.6 is 15.9 Å². The van der Waals surface area contributed by atoms with Gasteiger partial charge in [0, 0.05) is 5.56 Å². The minimum absolute atomic E-state index is 0.0695. The van der Waals surface area contributed by atoms with E-state index in [4.69, 9.17) is 9.15 Å². The highest BCUT2D eigenvalue weighted by Crippen LogP contribution is 2.13. The van der Waals surface area contributed by atoms with Crippen molar-refractivity contribution in [1.82, 2.24) is 5.32 Å². The summed E-state index contributed by atoms with van der Waals surface area (Å²) in [6.45, 7) is -0.718. The Hall–Kier alpha value is -2.41. The van der Waals surface area contributed by atoms with E-state index >= 15 is 0 Å². The number of carbonyl (C=O) groups is 3. The van der Waals surface area contributed by atoms with Crippen LogP contribution in [0.15, 0.2) is 51.6 Å². The molecule has 7 heteroatoms. The number of carbonyl (C=O) groups excluding carboxylic acids is 3. The number of halogens is 1. The number of Topliss-reactive ketones (excluding diaryl/α,β-unsaturated/α-hetero) is 1. The quantitative estimate of drug-likeness (QED) is 0.626. The third-order valence-corrected chi connectivity index (χ3v) is 3.08. The van der Waals surface area contributed by atoms with Gasteiger partial charge in [-0.15, -0.1) is 0 Å². The number of ether oxygens (including phenoxy) is 1. The first kappa shape index (κ1) is 16.0. The molecule has 0 unspecified atom stereocenters. The van der Waals surface area contributed by atoms with E-state index in [-0.39, 0.29) is 24.7 Å². The normalized spacial score (nSPS) is 10.0. The Balaban J connectivity index is 1.74. The number of hydrogen-bond acceptors (Lipinski definition) is 5. The number of nitrogens with one attached hydrogen (secondary N) is 1. The maximum absolute atomic E-state index is 11.7. The van der Waals surface area contributed by atoms with Gasteiger partial charge in [0.2, 0.25) is 0 Å². The topological polar surface area (TPSA) is 85.6 Å². The SMILES string of the molecule is O=C(CNC(=O)c1ccc(Br)o1)OCC(=O)c1ccccc1. The predicted molar refractivity (Wildman–Crippen MR) is 80.5 cm³/mol. The van der Waals surface area contributed by atoms with Gasteiger partial charge in [-0.05, 0) is 28.1 Å². The molecule has 6 nitrogen and oxygen atoms in total. The number of esters is 1. The lowest BCUT2D eigenvalue weighted by atomic mass is 10.1. The molecule has 1 N–H and O–H groups in total. The van der Waals surface area contributed by atoms with Crippen LogP contribution in [0.1, 0.15) is 20.9 Å². The van der Waals surface area contributed by atoms with E-state index in [0.717, 1.165) is 0 Å². The fraction of sp³-hybridized carbons (Fsp3) is 0.133. The molecule has 0 aliphatic rings. The molecule has 0 bridgehead atoms. The third kappa shape index (κ3) is 4.56. The molecule has 0 saturated carbocycles. The van der Waals surface area contributed by atoms with Gasteiger partial charge >= 0.3 is 5.97 Å². The van der Waals surface area contributed by atoms with Crippen LogP contribution in [0.2, 0.25) is 0 Å². The first-order valence-corrected chi connectivity index (χ1v) is 7.13. The van der Waals surface area contributed by atoms with Gasteiger partial charge in [-0.3, -0.25) is 14.4 Å². The second-order valence-electron chi connectivity index (χ2n) is 4.24. The molecule has 0 saturated heterocycles. The summed E-state index contributed by atoms with van der Waals surface area (Å²) in [6, 6.07) is 11.5. The molecule has 2 aromatic rings.